The highest BCUT2D eigenvalue weighted by Crippen LogP contribution is 2.36. The first-order valence-electron chi connectivity index (χ1n) is 6.47. The van der Waals surface area contributed by atoms with Crippen molar-refractivity contribution in [3.63, 3.8) is 0 Å². The zero-order valence-electron chi connectivity index (χ0n) is 11.4. The molecule has 1 aromatic carbocycles. The van der Waals surface area contributed by atoms with Crippen LogP contribution in [0.1, 0.15) is 16.6 Å². The molecular formula is C16H17NO2S. The summed E-state index contributed by atoms with van der Waals surface area (Å²) in [5, 5.41) is 2.79. The maximum Gasteiger partial charge on any atom is 0.265 e. The quantitative estimate of drug-likeness (QED) is 0.822. The summed E-state index contributed by atoms with van der Waals surface area (Å²) < 4.78 is 5.56. The van der Waals surface area contributed by atoms with Crippen LogP contribution in [-0.2, 0) is 0 Å². The number of amides is 1. The molecule has 0 aliphatic heterocycles. The van der Waals surface area contributed by atoms with Crippen LogP contribution < -0.4 is 10.1 Å². The molecule has 104 valence electrons. The Hall–Kier alpha value is -2.07. The number of ether oxygens (including phenoxy) is 1. The zero-order chi connectivity index (χ0) is 14.4. The second-order valence-electron chi connectivity index (χ2n) is 4.10. The number of carbonyl (C=O) groups is 1. The number of rotatable bonds is 6. The van der Waals surface area contributed by atoms with Gasteiger partial charge in [-0.15, -0.1) is 17.9 Å². The first-order chi connectivity index (χ1) is 9.76. The summed E-state index contributed by atoms with van der Waals surface area (Å²) in [4.78, 5) is 13.7. The summed E-state index contributed by atoms with van der Waals surface area (Å²) in [6.45, 7) is 6.49. The van der Waals surface area contributed by atoms with E-state index in [2.05, 4.69) is 11.9 Å². The van der Waals surface area contributed by atoms with Crippen molar-refractivity contribution in [3.8, 4) is 16.2 Å². The summed E-state index contributed by atoms with van der Waals surface area (Å²) in [5.74, 6) is 0.512. The van der Waals surface area contributed by atoms with E-state index in [1.54, 1.807) is 6.08 Å². The summed E-state index contributed by atoms with van der Waals surface area (Å²) in [7, 11) is 0. The molecule has 0 bridgehead atoms. The Balaban J connectivity index is 2.33. The van der Waals surface area contributed by atoms with Crippen molar-refractivity contribution < 1.29 is 9.53 Å². The van der Waals surface area contributed by atoms with Crippen LogP contribution in [0.25, 0.3) is 10.4 Å². The van der Waals surface area contributed by atoms with Gasteiger partial charge in [-0.25, -0.2) is 0 Å². The topological polar surface area (TPSA) is 38.3 Å². The molecule has 0 saturated carbocycles. The lowest BCUT2D eigenvalue weighted by Gasteiger charge is -2.04. The van der Waals surface area contributed by atoms with Gasteiger partial charge in [0.25, 0.3) is 5.91 Å². The number of thiophene rings is 1. The fourth-order valence-electron chi connectivity index (χ4n) is 1.79. The SMILES string of the molecule is C=CCNC(=O)c1sc(-c2ccccc2)cc1OCC. The van der Waals surface area contributed by atoms with E-state index in [-0.39, 0.29) is 5.91 Å². The van der Waals surface area contributed by atoms with Crippen LogP contribution in [0.2, 0.25) is 0 Å². The number of hydrogen-bond acceptors (Lipinski definition) is 3. The molecule has 0 aliphatic rings. The van der Waals surface area contributed by atoms with Crippen molar-refractivity contribution >= 4 is 17.2 Å². The van der Waals surface area contributed by atoms with Crippen LogP contribution in [-0.4, -0.2) is 19.1 Å². The lowest BCUT2D eigenvalue weighted by Crippen LogP contribution is -2.22. The predicted octanol–water partition coefficient (Wildman–Crippen LogP) is 3.73. The molecule has 1 aromatic heterocycles. The monoisotopic (exact) mass is 287 g/mol. The van der Waals surface area contributed by atoms with Gasteiger partial charge in [0.2, 0.25) is 0 Å². The van der Waals surface area contributed by atoms with Gasteiger partial charge >= 0.3 is 0 Å². The standard InChI is InChI=1S/C16H17NO2S/c1-3-10-17-16(18)15-13(19-4-2)11-14(20-15)12-8-6-5-7-9-12/h3,5-9,11H,1,4,10H2,2H3,(H,17,18). The Labute approximate surface area is 122 Å². The molecule has 0 radical (unpaired) electrons. The molecule has 0 unspecified atom stereocenters. The fourth-order valence-corrected chi connectivity index (χ4v) is 2.81. The number of nitrogens with one attached hydrogen (secondary N) is 1. The predicted molar refractivity (Wildman–Crippen MR) is 83.5 cm³/mol. The lowest BCUT2D eigenvalue weighted by atomic mass is 10.2. The van der Waals surface area contributed by atoms with Gasteiger partial charge in [0.15, 0.2) is 0 Å². The fraction of sp³-hybridized carbons (Fsp3) is 0.188. The summed E-state index contributed by atoms with van der Waals surface area (Å²) in [6.07, 6.45) is 1.66. The Morgan fingerprint density at radius 2 is 2.15 bits per heavy atom. The molecular weight excluding hydrogens is 270 g/mol. The van der Waals surface area contributed by atoms with Crippen LogP contribution in [0.15, 0.2) is 49.1 Å². The van der Waals surface area contributed by atoms with Gasteiger partial charge in [-0.3, -0.25) is 4.79 Å². The highest BCUT2D eigenvalue weighted by atomic mass is 32.1. The molecule has 0 aliphatic carbocycles. The van der Waals surface area contributed by atoms with E-state index in [1.165, 1.54) is 11.3 Å². The van der Waals surface area contributed by atoms with Gasteiger partial charge in [0, 0.05) is 11.4 Å². The van der Waals surface area contributed by atoms with E-state index < -0.39 is 0 Å². The van der Waals surface area contributed by atoms with Gasteiger partial charge in [-0.1, -0.05) is 36.4 Å². The normalized spacial score (nSPS) is 10.1. The molecule has 0 atom stereocenters. The van der Waals surface area contributed by atoms with Crippen molar-refractivity contribution in [2.45, 2.75) is 6.92 Å². The van der Waals surface area contributed by atoms with Gasteiger partial charge in [0.05, 0.1) is 6.61 Å². The lowest BCUT2D eigenvalue weighted by molar-refractivity contribution is 0.0958. The van der Waals surface area contributed by atoms with Crippen molar-refractivity contribution in [1.82, 2.24) is 5.32 Å². The molecule has 1 N–H and O–H groups in total. The van der Waals surface area contributed by atoms with Crippen LogP contribution >= 0.6 is 11.3 Å². The van der Waals surface area contributed by atoms with Crippen LogP contribution in [0.3, 0.4) is 0 Å². The molecule has 1 amide bonds. The van der Waals surface area contributed by atoms with Gasteiger partial charge in [0.1, 0.15) is 10.6 Å². The maximum absolute atomic E-state index is 12.1. The Bertz CT molecular complexity index is 590. The van der Waals surface area contributed by atoms with E-state index in [9.17, 15) is 4.79 Å². The molecule has 0 fully saturated rings. The average molecular weight is 287 g/mol. The smallest absolute Gasteiger partial charge is 0.265 e. The minimum Gasteiger partial charge on any atom is -0.492 e. The third-order valence-corrected chi connectivity index (χ3v) is 3.83. The molecule has 0 saturated heterocycles. The minimum absolute atomic E-state index is 0.125. The third kappa shape index (κ3) is 3.27. The van der Waals surface area contributed by atoms with E-state index in [0.29, 0.717) is 23.8 Å². The zero-order valence-corrected chi connectivity index (χ0v) is 12.2. The summed E-state index contributed by atoms with van der Waals surface area (Å²) in [5.41, 5.74) is 1.08. The molecule has 0 spiro atoms. The second-order valence-corrected chi connectivity index (χ2v) is 5.15. The Kier molecular flexibility index (Phi) is 4.96. The minimum atomic E-state index is -0.125. The largest absolute Gasteiger partial charge is 0.492 e. The Morgan fingerprint density at radius 3 is 2.80 bits per heavy atom. The highest BCUT2D eigenvalue weighted by Gasteiger charge is 2.17. The molecule has 3 nitrogen and oxygen atoms in total. The van der Waals surface area contributed by atoms with Gasteiger partial charge < -0.3 is 10.1 Å². The molecule has 4 heteroatoms. The first kappa shape index (κ1) is 14.3. The van der Waals surface area contributed by atoms with Crippen molar-refractivity contribution in [1.29, 1.82) is 0 Å². The van der Waals surface area contributed by atoms with E-state index in [4.69, 9.17) is 4.74 Å². The third-order valence-electron chi connectivity index (χ3n) is 2.67. The first-order valence-corrected chi connectivity index (χ1v) is 7.29. The highest BCUT2D eigenvalue weighted by molar-refractivity contribution is 7.17. The summed E-state index contributed by atoms with van der Waals surface area (Å²) >= 11 is 1.44. The van der Waals surface area contributed by atoms with Crippen molar-refractivity contribution in [3.05, 3.63) is 53.9 Å². The van der Waals surface area contributed by atoms with Crippen LogP contribution in [0, 0.1) is 0 Å². The van der Waals surface area contributed by atoms with Crippen LogP contribution in [0.5, 0.6) is 5.75 Å². The molecule has 2 aromatic rings. The van der Waals surface area contributed by atoms with E-state index in [0.717, 1.165) is 10.4 Å². The molecule has 1 heterocycles. The van der Waals surface area contributed by atoms with Gasteiger partial charge in [-0.05, 0) is 18.6 Å². The second kappa shape index (κ2) is 6.91. The maximum atomic E-state index is 12.1. The van der Waals surface area contributed by atoms with Crippen molar-refractivity contribution in [2.24, 2.45) is 0 Å². The van der Waals surface area contributed by atoms with E-state index in [1.807, 2.05) is 43.3 Å². The number of hydrogen-bond donors (Lipinski definition) is 1. The van der Waals surface area contributed by atoms with Gasteiger partial charge in [-0.2, -0.15) is 0 Å². The number of carbonyl (C=O) groups excluding carboxylic acids is 1. The Morgan fingerprint density at radius 1 is 1.40 bits per heavy atom. The average Bonchev–Trinajstić information content (AvgIpc) is 2.90. The van der Waals surface area contributed by atoms with Crippen LogP contribution in [0.4, 0.5) is 0 Å². The van der Waals surface area contributed by atoms with E-state index >= 15 is 0 Å². The summed E-state index contributed by atoms with van der Waals surface area (Å²) in [6, 6.07) is 11.9. The molecule has 2 rings (SSSR count). The number of benzene rings is 1. The molecule has 20 heavy (non-hydrogen) atoms. The van der Waals surface area contributed by atoms with Crippen molar-refractivity contribution in [2.75, 3.05) is 13.2 Å².